The first kappa shape index (κ1) is 14.5. The van der Waals surface area contributed by atoms with E-state index >= 15 is 0 Å². The smallest absolute Gasteiger partial charge is 0.138 e. The van der Waals surface area contributed by atoms with Crippen LogP contribution >= 0.6 is 0 Å². The summed E-state index contributed by atoms with van der Waals surface area (Å²) >= 11 is 0. The van der Waals surface area contributed by atoms with Gasteiger partial charge >= 0.3 is 0 Å². The van der Waals surface area contributed by atoms with Gasteiger partial charge in [0.05, 0.1) is 19.4 Å². The quantitative estimate of drug-likeness (QED) is 0.786. The standard InChI is InChI=1S/C15H21NO2/c1-3-6-13(2)12-18-15-9-14(10-16-11-15)7-4-5-8-17/h9-11,13,17H,3,5-6,8,12H2,1-2H3. The second-order valence-electron chi connectivity index (χ2n) is 4.39. The van der Waals surface area contributed by atoms with Crippen LogP contribution in [0.1, 0.15) is 38.7 Å². The van der Waals surface area contributed by atoms with Crippen LogP contribution < -0.4 is 4.74 Å². The Morgan fingerprint density at radius 3 is 3.00 bits per heavy atom. The summed E-state index contributed by atoms with van der Waals surface area (Å²) in [7, 11) is 0. The van der Waals surface area contributed by atoms with E-state index in [4.69, 9.17) is 9.84 Å². The van der Waals surface area contributed by atoms with Crippen molar-refractivity contribution in [1.29, 1.82) is 0 Å². The average molecular weight is 247 g/mol. The molecule has 1 unspecified atom stereocenters. The highest BCUT2D eigenvalue weighted by molar-refractivity contribution is 5.36. The number of rotatable bonds is 6. The Hall–Kier alpha value is -1.53. The third kappa shape index (κ3) is 5.70. The van der Waals surface area contributed by atoms with Gasteiger partial charge in [-0.3, -0.25) is 4.98 Å². The van der Waals surface area contributed by atoms with E-state index < -0.39 is 0 Å². The van der Waals surface area contributed by atoms with Crippen LogP contribution in [0.5, 0.6) is 5.75 Å². The maximum Gasteiger partial charge on any atom is 0.138 e. The lowest BCUT2D eigenvalue weighted by atomic mass is 10.1. The first-order valence-corrected chi connectivity index (χ1v) is 6.43. The van der Waals surface area contributed by atoms with Crippen LogP contribution in [0.15, 0.2) is 18.5 Å². The van der Waals surface area contributed by atoms with Crippen LogP contribution in [-0.4, -0.2) is 23.3 Å². The maximum absolute atomic E-state index is 8.65. The molecule has 3 nitrogen and oxygen atoms in total. The molecule has 0 saturated carbocycles. The Morgan fingerprint density at radius 1 is 1.44 bits per heavy atom. The molecule has 0 fully saturated rings. The highest BCUT2D eigenvalue weighted by Gasteiger charge is 2.02. The van der Waals surface area contributed by atoms with Gasteiger partial charge in [0, 0.05) is 18.2 Å². The molecule has 1 N–H and O–H groups in total. The zero-order valence-corrected chi connectivity index (χ0v) is 11.1. The summed E-state index contributed by atoms with van der Waals surface area (Å²) in [4.78, 5) is 4.10. The van der Waals surface area contributed by atoms with Crippen molar-refractivity contribution < 1.29 is 9.84 Å². The summed E-state index contributed by atoms with van der Waals surface area (Å²) in [5, 5.41) is 8.65. The lowest BCUT2D eigenvalue weighted by molar-refractivity contribution is 0.250. The summed E-state index contributed by atoms with van der Waals surface area (Å²) in [6.45, 7) is 5.16. The molecule has 1 rings (SSSR count). The van der Waals surface area contributed by atoms with Crippen molar-refractivity contribution >= 4 is 0 Å². The van der Waals surface area contributed by atoms with E-state index in [1.807, 2.05) is 6.07 Å². The number of pyridine rings is 1. The number of ether oxygens (including phenoxy) is 1. The van der Waals surface area contributed by atoms with Crippen LogP contribution in [0.2, 0.25) is 0 Å². The fourth-order valence-electron chi connectivity index (χ4n) is 1.60. The first-order valence-electron chi connectivity index (χ1n) is 6.43. The molecule has 0 radical (unpaired) electrons. The van der Waals surface area contributed by atoms with Crippen LogP contribution in [0.4, 0.5) is 0 Å². The monoisotopic (exact) mass is 247 g/mol. The lowest BCUT2D eigenvalue weighted by Crippen LogP contribution is -2.08. The predicted molar refractivity (Wildman–Crippen MR) is 72.4 cm³/mol. The molecule has 0 spiro atoms. The molecule has 98 valence electrons. The highest BCUT2D eigenvalue weighted by Crippen LogP contribution is 2.13. The minimum absolute atomic E-state index is 0.0884. The largest absolute Gasteiger partial charge is 0.492 e. The van der Waals surface area contributed by atoms with E-state index in [1.165, 1.54) is 12.8 Å². The fourth-order valence-corrected chi connectivity index (χ4v) is 1.60. The van der Waals surface area contributed by atoms with Gasteiger partial charge in [-0.2, -0.15) is 0 Å². The van der Waals surface area contributed by atoms with E-state index in [1.54, 1.807) is 12.4 Å². The second kappa shape index (κ2) is 8.54. The third-order valence-electron chi connectivity index (χ3n) is 2.50. The van der Waals surface area contributed by atoms with E-state index in [2.05, 4.69) is 30.7 Å². The molecule has 0 aromatic carbocycles. The lowest BCUT2D eigenvalue weighted by Gasteiger charge is -2.11. The molecule has 0 aliphatic rings. The molecule has 3 heteroatoms. The summed E-state index contributed by atoms with van der Waals surface area (Å²) in [5.74, 6) is 7.13. The van der Waals surface area contributed by atoms with Gasteiger partial charge in [0.25, 0.3) is 0 Å². The van der Waals surface area contributed by atoms with E-state index in [9.17, 15) is 0 Å². The Labute approximate surface area is 109 Å². The minimum Gasteiger partial charge on any atom is -0.492 e. The van der Waals surface area contributed by atoms with Crippen molar-refractivity contribution in [2.45, 2.75) is 33.1 Å². The second-order valence-corrected chi connectivity index (χ2v) is 4.39. The SMILES string of the molecule is CCCC(C)COc1cncc(C#CCCO)c1. The van der Waals surface area contributed by atoms with Gasteiger partial charge in [0.2, 0.25) is 0 Å². The number of nitrogens with zero attached hydrogens (tertiary/aromatic N) is 1. The van der Waals surface area contributed by atoms with E-state index in [-0.39, 0.29) is 6.61 Å². The molecule has 0 aliphatic heterocycles. The molecule has 1 atom stereocenters. The number of aliphatic hydroxyl groups is 1. The Morgan fingerprint density at radius 2 is 2.28 bits per heavy atom. The van der Waals surface area contributed by atoms with Gasteiger partial charge in [-0.15, -0.1) is 0 Å². The zero-order chi connectivity index (χ0) is 13.2. The summed E-state index contributed by atoms with van der Waals surface area (Å²) in [6.07, 6.45) is 6.24. The van der Waals surface area contributed by atoms with Gasteiger partial charge < -0.3 is 9.84 Å². The van der Waals surface area contributed by atoms with Crippen molar-refractivity contribution in [3.05, 3.63) is 24.0 Å². The van der Waals surface area contributed by atoms with Crippen molar-refractivity contribution in [2.75, 3.05) is 13.2 Å². The van der Waals surface area contributed by atoms with Crippen LogP contribution in [0.3, 0.4) is 0 Å². The molecule has 0 amide bonds. The first-order chi connectivity index (χ1) is 8.76. The Kier molecular flexibility index (Phi) is 6.90. The zero-order valence-electron chi connectivity index (χ0n) is 11.1. The van der Waals surface area contributed by atoms with Crippen molar-refractivity contribution in [2.24, 2.45) is 5.92 Å². The van der Waals surface area contributed by atoms with Gasteiger partial charge in [0.1, 0.15) is 5.75 Å². The molecule has 18 heavy (non-hydrogen) atoms. The normalized spacial score (nSPS) is 11.5. The van der Waals surface area contributed by atoms with Gasteiger partial charge in [-0.05, 0) is 18.4 Å². The van der Waals surface area contributed by atoms with Crippen LogP contribution in [0, 0.1) is 17.8 Å². The molecule has 1 aromatic heterocycles. The van der Waals surface area contributed by atoms with E-state index in [0.717, 1.165) is 11.3 Å². The molecule has 0 aliphatic carbocycles. The fraction of sp³-hybridized carbons (Fsp3) is 0.533. The van der Waals surface area contributed by atoms with Gasteiger partial charge in [-0.1, -0.05) is 32.1 Å². The van der Waals surface area contributed by atoms with Crippen molar-refractivity contribution in [3.8, 4) is 17.6 Å². The topological polar surface area (TPSA) is 42.4 Å². The number of hydrogen-bond acceptors (Lipinski definition) is 3. The van der Waals surface area contributed by atoms with Crippen LogP contribution in [0.25, 0.3) is 0 Å². The van der Waals surface area contributed by atoms with E-state index in [0.29, 0.717) is 18.9 Å². The molecular formula is C15H21NO2. The molecule has 0 bridgehead atoms. The number of hydrogen-bond donors (Lipinski definition) is 1. The predicted octanol–water partition coefficient (Wildman–Crippen LogP) is 2.63. The Bertz CT molecular complexity index is 406. The molecule has 1 heterocycles. The van der Waals surface area contributed by atoms with Crippen molar-refractivity contribution in [3.63, 3.8) is 0 Å². The van der Waals surface area contributed by atoms with Gasteiger partial charge in [-0.25, -0.2) is 0 Å². The van der Waals surface area contributed by atoms with Crippen molar-refractivity contribution in [1.82, 2.24) is 4.98 Å². The Balaban J connectivity index is 2.52. The van der Waals surface area contributed by atoms with Gasteiger partial charge in [0.15, 0.2) is 0 Å². The minimum atomic E-state index is 0.0884. The number of aliphatic hydroxyl groups excluding tert-OH is 1. The summed E-state index contributed by atoms with van der Waals surface area (Å²) in [5.41, 5.74) is 0.823. The average Bonchev–Trinajstić information content (AvgIpc) is 2.38. The highest BCUT2D eigenvalue weighted by atomic mass is 16.5. The molecular weight excluding hydrogens is 226 g/mol. The molecule has 0 saturated heterocycles. The molecule has 1 aromatic rings. The number of aromatic nitrogens is 1. The maximum atomic E-state index is 8.65. The summed E-state index contributed by atoms with van der Waals surface area (Å²) < 4.78 is 5.69. The third-order valence-corrected chi connectivity index (χ3v) is 2.50. The van der Waals surface area contributed by atoms with Crippen LogP contribution in [-0.2, 0) is 0 Å². The summed E-state index contributed by atoms with van der Waals surface area (Å²) in [6, 6.07) is 1.88.